The number of pyridine rings is 1. The van der Waals surface area contributed by atoms with Gasteiger partial charge in [-0.3, -0.25) is 14.3 Å². The first-order valence-electron chi connectivity index (χ1n) is 20.8. The minimum Gasteiger partial charge on any atom is -0.368 e. The maximum absolute atomic E-state index is 15.5. The molecular formula is C45H35F7N10O2S. The van der Waals surface area contributed by atoms with Crippen LogP contribution < -0.4 is 20.4 Å². The maximum Gasteiger partial charge on any atom is 0.435 e. The zero-order valence-corrected chi connectivity index (χ0v) is 34.7. The number of hydrogen-bond acceptors (Lipinski definition) is 9. The van der Waals surface area contributed by atoms with E-state index in [9.17, 15) is 31.5 Å². The van der Waals surface area contributed by atoms with Gasteiger partial charge in [-0.25, -0.2) is 18.7 Å². The molecule has 1 saturated heterocycles. The number of benzene rings is 3. The largest absolute Gasteiger partial charge is 0.435 e. The molecule has 65 heavy (non-hydrogen) atoms. The van der Waals surface area contributed by atoms with Crippen molar-refractivity contribution < 1.29 is 40.3 Å². The van der Waals surface area contributed by atoms with E-state index in [4.69, 9.17) is 9.97 Å². The molecule has 0 radical (unpaired) electrons. The van der Waals surface area contributed by atoms with Crippen LogP contribution in [-0.4, -0.2) is 67.7 Å². The van der Waals surface area contributed by atoms with Crippen molar-refractivity contribution in [3.8, 4) is 22.5 Å². The van der Waals surface area contributed by atoms with E-state index in [1.54, 1.807) is 36.7 Å². The lowest BCUT2D eigenvalue weighted by molar-refractivity contribution is -0.142. The summed E-state index contributed by atoms with van der Waals surface area (Å²) in [6.07, 6.45) is -1.98. The van der Waals surface area contributed by atoms with E-state index in [0.29, 0.717) is 70.0 Å². The summed E-state index contributed by atoms with van der Waals surface area (Å²) in [5.41, 5.74) is 1.64. The first-order valence-corrected chi connectivity index (χ1v) is 21.6. The summed E-state index contributed by atoms with van der Waals surface area (Å²) in [4.78, 5) is 48.6. The number of imidazole rings is 1. The van der Waals surface area contributed by atoms with Crippen LogP contribution in [0.5, 0.6) is 0 Å². The maximum atomic E-state index is 15.5. The minimum atomic E-state index is -5.04. The van der Waals surface area contributed by atoms with Crippen LogP contribution in [-0.2, 0) is 36.4 Å². The van der Waals surface area contributed by atoms with Crippen molar-refractivity contribution in [3.05, 3.63) is 130 Å². The monoisotopic (exact) mass is 912 g/mol. The third kappa shape index (κ3) is 7.32. The molecule has 7 aromatic rings. The predicted octanol–water partition coefficient (Wildman–Crippen LogP) is 8.12. The summed E-state index contributed by atoms with van der Waals surface area (Å²) in [5, 5.41) is 9.70. The molecule has 2 aliphatic heterocycles. The molecule has 4 aliphatic rings. The van der Waals surface area contributed by atoms with Crippen LogP contribution >= 0.6 is 11.3 Å². The second-order valence-electron chi connectivity index (χ2n) is 16.7. The zero-order valence-electron chi connectivity index (χ0n) is 33.9. The number of amides is 2. The Balaban J connectivity index is 0.947. The number of rotatable bonds is 10. The van der Waals surface area contributed by atoms with E-state index < -0.39 is 71.0 Å². The number of aromatic amines is 1. The number of halogens is 7. The normalized spacial score (nSPS) is 19.0. The second kappa shape index (κ2) is 15.1. The third-order valence-corrected chi connectivity index (χ3v) is 13.6. The topological polar surface area (TPSA) is 137 Å². The SMILES string of the molecule is O=C(Cn1nc(C(F)(F)F)c2c1C(F)(F)C1C[C@H]21)N[C@@H](Cc1cc(F)cc(F)c1)c1nc2nc(N3CCN(c4ccc(-c5ncc[nH]5)cc4)CC3)sc2cc1-c1ccc2c(c1)C(=O)NC2. The molecular weight excluding hydrogens is 878 g/mol. The van der Waals surface area contributed by atoms with Crippen LogP contribution in [0.3, 0.4) is 0 Å². The van der Waals surface area contributed by atoms with E-state index in [1.165, 1.54) is 11.3 Å². The molecule has 3 atom stereocenters. The highest BCUT2D eigenvalue weighted by molar-refractivity contribution is 7.22. The summed E-state index contributed by atoms with van der Waals surface area (Å²) in [6, 6.07) is 16.7. The van der Waals surface area contributed by atoms with Crippen molar-refractivity contribution in [1.82, 2.24) is 40.3 Å². The predicted molar refractivity (Wildman–Crippen MR) is 225 cm³/mol. The lowest BCUT2D eigenvalue weighted by atomic mass is 9.93. The Morgan fingerprint density at radius 3 is 2.38 bits per heavy atom. The molecule has 4 aromatic heterocycles. The van der Waals surface area contributed by atoms with Crippen LogP contribution in [0, 0.1) is 17.6 Å². The summed E-state index contributed by atoms with van der Waals surface area (Å²) in [5.74, 6) is -8.31. The van der Waals surface area contributed by atoms with Crippen LogP contribution in [0.1, 0.15) is 62.5 Å². The molecule has 2 amide bonds. The number of anilines is 2. The fourth-order valence-electron chi connectivity index (χ4n) is 9.44. The molecule has 0 spiro atoms. The van der Waals surface area contributed by atoms with Gasteiger partial charge in [0.15, 0.2) is 16.5 Å². The lowest BCUT2D eigenvalue weighted by Gasteiger charge is -2.36. The Labute approximate surface area is 368 Å². The molecule has 3 N–H and O–H groups in total. The number of fused-ring (bicyclic) bond motifs is 5. The van der Waals surface area contributed by atoms with Gasteiger partial charge in [-0.2, -0.15) is 32.0 Å². The van der Waals surface area contributed by atoms with Crippen molar-refractivity contribution in [2.45, 2.75) is 50.0 Å². The number of thiazole rings is 1. The van der Waals surface area contributed by atoms with Crippen molar-refractivity contribution in [2.75, 3.05) is 36.0 Å². The van der Waals surface area contributed by atoms with Gasteiger partial charge in [0.2, 0.25) is 5.91 Å². The Bertz CT molecular complexity index is 3010. The Kier molecular flexibility index (Phi) is 9.53. The Morgan fingerprint density at radius 2 is 1.66 bits per heavy atom. The van der Waals surface area contributed by atoms with Gasteiger partial charge in [-0.1, -0.05) is 23.5 Å². The molecule has 12 nitrogen and oxygen atoms in total. The third-order valence-electron chi connectivity index (χ3n) is 12.6. The number of alkyl halides is 5. The average Bonchev–Trinajstić information content (AvgIpc) is 3.73. The van der Waals surface area contributed by atoms with Gasteiger partial charge in [0, 0.05) is 85.0 Å². The molecule has 332 valence electrons. The van der Waals surface area contributed by atoms with Crippen LogP contribution in [0.4, 0.5) is 41.6 Å². The number of hydrogen-bond donors (Lipinski definition) is 3. The van der Waals surface area contributed by atoms with Gasteiger partial charge in [0.05, 0.1) is 16.4 Å². The number of carbonyl (C=O) groups excluding carboxylic acids is 2. The highest BCUT2D eigenvalue weighted by Crippen LogP contribution is 2.68. The van der Waals surface area contributed by atoms with Crippen LogP contribution in [0.2, 0.25) is 0 Å². The first kappa shape index (κ1) is 40.9. The summed E-state index contributed by atoms with van der Waals surface area (Å²) in [7, 11) is 0. The van der Waals surface area contributed by atoms with Crippen molar-refractivity contribution >= 4 is 44.3 Å². The van der Waals surface area contributed by atoms with E-state index in [1.807, 2.05) is 24.3 Å². The quantitative estimate of drug-likeness (QED) is 0.117. The lowest BCUT2D eigenvalue weighted by Crippen LogP contribution is -2.46. The summed E-state index contributed by atoms with van der Waals surface area (Å²) < 4.78 is 104. The number of aromatic nitrogens is 6. The summed E-state index contributed by atoms with van der Waals surface area (Å²) >= 11 is 1.38. The van der Waals surface area contributed by atoms with Crippen molar-refractivity contribution in [3.63, 3.8) is 0 Å². The number of H-pyrrole nitrogens is 1. The van der Waals surface area contributed by atoms with Crippen LogP contribution in [0.25, 0.3) is 32.9 Å². The number of carbonyl (C=O) groups is 2. The standard InChI is InChI=1S/C45H35F7N10O2S/c46-26-13-22(14-27(47)17-26)15-33(56-35(63)21-62-39-36(38(59-62)45(50,51)52)31-18-32(31)44(39,48)49)37-29(24-1-2-25-20-55-42(64)30(25)16-24)19-34-41(57-37)58-43(65-34)61-11-9-60(10-12-61)28-5-3-23(4-6-28)40-53-7-8-54-40/h1-8,13-14,16-17,19,31-33H,9-12,15,18,20-21H2,(H,53,54)(H,55,64)(H,56,63)/t31-,32?,33-/m0/s1. The second-order valence-corrected chi connectivity index (χ2v) is 17.7. The average molecular weight is 913 g/mol. The molecule has 1 unspecified atom stereocenters. The van der Waals surface area contributed by atoms with Gasteiger partial charge in [0.25, 0.3) is 11.8 Å². The van der Waals surface area contributed by atoms with Gasteiger partial charge in [-0.05, 0) is 84.0 Å². The number of nitrogens with one attached hydrogen (secondary N) is 3. The van der Waals surface area contributed by atoms with Gasteiger partial charge in [-0.15, -0.1) is 0 Å². The van der Waals surface area contributed by atoms with Gasteiger partial charge in [0.1, 0.15) is 29.7 Å². The molecule has 2 fully saturated rings. The van der Waals surface area contributed by atoms with E-state index >= 15 is 8.78 Å². The minimum absolute atomic E-state index is 0.0902. The molecule has 2 aliphatic carbocycles. The van der Waals surface area contributed by atoms with E-state index in [2.05, 4.69) is 35.5 Å². The molecule has 0 bridgehead atoms. The van der Waals surface area contributed by atoms with Crippen LogP contribution in [0.15, 0.2) is 79.1 Å². The van der Waals surface area contributed by atoms with Gasteiger partial charge < -0.3 is 25.4 Å². The molecule has 6 heterocycles. The Morgan fingerprint density at radius 1 is 0.923 bits per heavy atom. The first-order chi connectivity index (χ1) is 31.2. The molecule has 1 saturated carbocycles. The molecule has 11 rings (SSSR count). The van der Waals surface area contributed by atoms with E-state index in [0.717, 1.165) is 34.8 Å². The van der Waals surface area contributed by atoms with E-state index in [-0.39, 0.29) is 35.7 Å². The highest BCUT2D eigenvalue weighted by Gasteiger charge is 2.68. The highest BCUT2D eigenvalue weighted by atomic mass is 32.1. The van der Waals surface area contributed by atoms with Crippen molar-refractivity contribution in [1.29, 1.82) is 0 Å². The van der Waals surface area contributed by atoms with Gasteiger partial charge >= 0.3 is 6.18 Å². The molecule has 20 heteroatoms. The fourth-order valence-corrected chi connectivity index (χ4v) is 10.4. The smallest absolute Gasteiger partial charge is 0.368 e. The number of nitrogens with zero attached hydrogens (tertiary/aromatic N) is 7. The zero-order chi connectivity index (χ0) is 44.9. The Hall–Kier alpha value is -6.83. The number of piperazine rings is 1. The molecule has 3 aromatic carbocycles. The summed E-state index contributed by atoms with van der Waals surface area (Å²) in [6.45, 7) is 1.92. The van der Waals surface area contributed by atoms with Crippen molar-refractivity contribution in [2.24, 2.45) is 5.92 Å². The fraction of sp³-hybridized carbons (Fsp3) is 0.289.